The molecule has 0 aliphatic carbocycles. The normalized spacial score (nSPS) is 10.7. The molecular formula is C23H20Cl2N2O4. The number of hydrogen-bond acceptors (Lipinski definition) is 5. The van der Waals surface area contributed by atoms with Crippen molar-refractivity contribution in [1.29, 1.82) is 0 Å². The van der Waals surface area contributed by atoms with E-state index in [2.05, 4.69) is 10.5 Å². The van der Waals surface area contributed by atoms with Crippen molar-refractivity contribution in [3.05, 3.63) is 87.4 Å². The topological polar surface area (TPSA) is 69.2 Å². The predicted molar refractivity (Wildman–Crippen MR) is 122 cm³/mol. The molecular weight excluding hydrogens is 439 g/mol. The number of ether oxygens (including phenoxy) is 3. The highest BCUT2D eigenvalue weighted by Crippen LogP contribution is 2.25. The van der Waals surface area contributed by atoms with Gasteiger partial charge in [0.25, 0.3) is 5.91 Å². The van der Waals surface area contributed by atoms with Gasteiger partial charge in [-0.2, -0.15) is 5.10 Å². The average molecular weight is 459 g/mol. The molecule has 31 heavy (non-hydrogen) atoms. The van der Waals surface area contributed by atoms with E-state index >= 15 is 0 Å². The second-order valence-corrected chi connectivity index (χ2v) is 7.21. The number of nitrogens with one attached hydrogen (secondary N) is 1. The fraction of sp³-hybridized carbons (Fsp3) is 0.130. The van der Waals surface area contributed by atoms with Crippen LogP contribution in [0.15, 0.2) is 65.8 Å². The van der Waals surface area contributed by atoms with Gasteiger partial charge in [-0.1, -0.05) is 41.4 Å². The molecule has 0 unspecified atom stereocenters. The molecule has 0 saturated carbocycles. The Morgan fingerprint density at radius 2 is 1.84 bits per heavy atom. The van der Waals surface area contributed by atoms with Gasteiger partial charge >= 0.3 is 0 Å². The summed E-state index contributed by atoms with van der Waals surface area (Å²) in [6.45, 7) is 0.296. The molecule has 3 rings (SSSR count). The first-order valence-electron chi connectivity index (χ1n) is 9.22. The zero-order valence-corrected chi connectivity index (χ0v) is 18.4. The molecule has 3 aromatic rings. The number of amides is 1. The summed E-state index contributed by atoms with van der Waals surface area (Å²) in [5.41, 5.74) is 4.41. The van der Waals surface area contributed by atoms with Crippen LogP contribution in [0, 0.1) is 0 Å². The van der Waals surface area contributed by atoms with Crippen LogP contribution >= 0.6 is 23.2 Å². The van der Waals surface area contributed by atoms with Gasteiger partial charge in [-0.25, -0.2) is 5.43 Å². The number of halogens is 2. The van der Waals surface area contributed by atoms with Crippen LogP contribution in [0.3, 0.4) is 0 Å². The largest absolute Gasteiger partial charge is 0.497 e. The molecule has 1 N–H and O–H groups in total. The van der Waals surface area contributed by atoms with Crippen molar-refractivity contribution in [2.24, 2.45) is 5.10 Å². The molecule has 160 valence electrons. The summed E-state index contributed by atoms with van der Waals surface area (Å²) in [6.07, 6.45) is 1.52. The fourth-order valence-electron chi connectivity index (χ4n) is 2.70. The third kappa shape index (κ3) is 6.13. The maximum atomic E-state index is 12.4. The van der Waals surface area contributed by atoms with Crippen LogP contribution in [-0.2, 0) is 6.61 Å². The minimum Gasteiger partial charge on any atom is -0.497 e. The summed E-state index contributed by atoms with van der Waals surface area (Å²) in [6, 6.07) is 17.5. The lowest BCUT2D eigenvalue weighted by atomic mass is 10.2. The van der Waals surface area contributed by atoms with Crippen molar-refractivity contribution in [1.82, 2.24) is 5.43 Å². The van der Waals surface area contributed by atoms with Crippen LogP contribution in [0.5, 0.6) is 17.2 Å². The molecule has 1 amide bonds. The van der Waals surface area contributed by atoms with E-state index in [0.717, 1.165) is 11.1 Å². The molecule has 0 spiro atoms. The van der Waals surface area contributed by atoms with Crippen molar-refractivity contribution < 1.29 is 19.0 Å². The van der Waals surface area contributed by atoms with Gasteiger partial charge in [0, 0.05) is 21.7 Å². The summed E-state index contributed by atoms with van der Waals surface area (Å²) < 4.78 is 16.2. The Morgan fingerprint density at radius 3 is 2.58 bits per heavy atom. The van der Waals surface area contributed by atoms with Crippen LogP contribution in [0.25, 0.3) is 0 Å². The lowest BCUT2D eigenvalue weighted by Gasteiger charge is -2.09. The molecule has 0 heterocycles. The number of benzene rings is 3. The number of nitrogens with zero attached hydrogens (tertiary/aromatic N) is 1. The summed E-state index contributed by atoms with van der Waals surface area (Å²) in [4.78, 5) is 12.4. The monoisotopic (exact) mass is 458 g/mol. The molecule has 0 radical (unpaired) electrons. The Bertz CT molecular complexity index is 1100. The van der Waals surface area contributed by atoms with E-state index in [1.54, 1.807) is 43.5 Å². The Labute approximate surface area is 190 Å². The minimum atomic E-state index is -0.402. The van der Waals surface area contributed by atoms with Gasteiger partial charge in [-0.05, 0) is 42.0 Å². The van der Waals surface area contributed by atoms with E-state index in [1.165, 1.54) is 13.3 Å². The lowest BCUT2D eigenvalue weighted by molar-refractivity contribution is 0.0952. The number of carbonyl (C=O) groups excluding carboxylic acids is 1. The summed E-state index contributed by atoms with van der Waals surface area (Å²) in [5.74, 6) is 1.22. The van der Waals surface area contributed by atoms with Gasteiger partial charge in [-0.15, -0.1) is 0 Å². The third-order valence-corrected chi connectivity index (χ3v) is 4.89. The Balaban J connectivity index is 1.62. The van der Waals surface area contributed by atoms with Crippen molar-refractivity contribution in [3.8, 4) is 17.2 Å². The Kier molecular flexibility index (Phi) is 7.76. The number of rotatable bonds is 8. The highest BCUT2D eigenvalue weighted by atomic mass is 35.5. The third-order valence-electron chi connectivity index (χ3n) is 4.30. The van der Waals surface area contributed by atoms with Gasteiger partial charge in [0.1, 0.15) is 23.9 Å². The molecule has 8 heteroatoms. The first-order chi connectivity index (χ1) is 15.0. The maximum absolute atomic E-state index is 12.4. The fourth-order valence-corrected chi connectivity index (χ4v) is 3.16. The van der Waals surface area contributed by atoms with Gasteiger partial charge in [0.2, 0.25) is 0 Å². The second-order valence-electron chi connectivity index (χ2n) is 6.36. The first kappa shape index (κ1) is 22.5. The van der Waals surface area contributed by atoms with Crippen LogP contribution < -0.4 is 19.6 Å². The summed E-state index contributed by atoms with van der Waals surface area (Å²) in [7, 11) is 3.03. The van der Waals surface area contributed by atoms with Crippen LogP contribution in [0.4, 0.5) is 0 Å². The van der Waals surface area contributed by atoms with Crippen molar-refractivity contribution in [2.75, 3.05) is 14.2 Å². The number of carbonyl (C=O) groups is 1. The van der Waals surface area contributed by atoms with E-state index in [0.29, 0.717) is 39.5 Å². The molecule has 0 aromatic heterocycles. The summed E-state index contributed by atoms with van der Waals surface area (Å²) >= 11 is 12.1. The predicted octanol–water partition coefficient (Wildman–Crippen LogP) is 5.35. The minimum absolute atomic E-state index is 0.296. The molecule has 0 aliphatic rings. The van der Waals surface area contributed by atoms with Crippen LogP contribution in [-0.4, -0.2) is 26.3 Å². The van der Waals surface area contributed by atoms with Gasteiger partial charge in [-0.3, -0.25) is 4.79 Å². The number of methoxy groups -OCH3 is 2. The second kappa shape index (κ2) is 10.7. The Hall–Kier alpha value is -3.22. The number of hydrogen-bond donors (Lipinski definition) is 1. The quantitative estimate of drug-likeness (QED) is 0.364. The van der Waals surface area contributed by atoms with E-state index in [4.69, 9.17) is 37.4 Å². The van der Waals surface area contributed by atoms with Crippen molar-refractivity contribution in [3.63, 3.8) is 0 Å². The lowest BCUT2D eigenvalue weighted by Crippen LogP contribution is -2.18. The molecule has 0 aliphatic heterocycles. The van der Waals surface area contributed by atoms with E-state index in [1.807, 2.05) is 24.3 Å². The first-order valence-corrected chi connectivity index (χ1v) is 9.98. The highest BCUT2D eigenvalue weighted by Gasteiger charge is 2.12. The van der Waals surface area contributed by atoms with Gasteiger partial charge in [0.05, 0.1) is 26.0 Å². The highest BCUT2D eigenvalue weighted by molar-refractivity contribution is 6.35. The van der Waals surface area contributed by atoms with E-state index in [9.17, 15) is 4.79 Å². The molecule has 0 saturated heterocycles. The van der Waals surface area contributed by atoms with Gasteiger partial charge in [0.15, 0.2) is 0 Å². The SMILES string of the molecule is COc1ccc(C(=O)N/N=C\c2cccc(OCc3ccc(Cl)cc3Cl)c2)c(OC)c1. The maximum Gasteiger partial charge on any atom is 0.275 e. The average Bonchev–Trinajstić information content (AvgIpc) is 2.78. The molecule has 0 atom stereocenters. The van der Waals surface area contributed by atoms with E-state index in [-0.39, 0.29) is 0 Å². The zero-order chi connectivity index (χ0) is 22.2. The standard InChI is InChI=1S/C23H20Cl2N2O4/c1-29-18-8-9-20(22(12-18)30-2)23(28)27-26-13-15-4-3-5-19(10-15)31-14-16-6-7-17(24)11-21(16)25/h3-13H,14H2,1-2H3,(H,27,28)/b26-13-. The zero-order valence-electron chi connectivity index (χ0n) is 16.9. The van der Waals surface area contributed by atoms with Crippen LogP contribution in [0.2, 0.25) is 10.0 Å². The van der Waals surface area contributed by atoms with Crippen molar-refractivity contribution >= 4 is 35.3 Å². The molecule has 3 aromatic carbocycles. The number of hydrazone groups is 1. The molecule has 0 bridgehead atoms. The smallest absolute Gasteiger partial charge is 0.275 e. The van der Waals surface area contributed by atoms with Crippen LogP contribution in [0.1, 0.15) is 21.5 Å². The van der Waals surface area contributed by atoms with Gasteiger partial charge < -0.3 is 14.2 Å². The Morgan fingerprint density at radius 1 is 1.00 bits per heavy atom. The van der Waals surface area contributed by atoms with Crippen molar-refractivity contribution in [2.45, 2.75) is 6.61 Å². The van der Waals surface area contributed by atoms with E-state index < -0.39 is 5.91 Å². The molecule has 0 fully saturated rings. The summed E-state index contributed by atoms with van der Waals surface area (Å²) in [5, 5.41) is 5.13. The molecule has 6 nitrogen and oxygen atoms in total.